The van der Waals surface area contributed by atoms with Crippen molar-refractivity contribution in [2.45, 2.75) is 25.2 Å². The van der Waals surface area contributed by atoms with Gasteiger partial charge in [0.25, 0.3) is 11.8 Å². The number of carbonyl (C=O) groups is 1. The number of amides is 1. The number of hydrogen-bond donors (Lipinski definition) is 0. The Balaban J connectivity index is 1.25. The smallest absolute Gasteiger partial charge is 0.315 e. The molecular formula is C22H17F3N4O3. The van der Waals surface area contributed by atoms with E-state index in [0.717, 1.165) is 11.1 Å². The summed E-state index contributed by atoms with van der Waals surface area (Å²) in [5.74, 6) is -1.08. The molecule has 0 radical (unpaired) electrons. The highest BCUT2D eigenvalue weighted by Gasteiger charge is 2.28. The van der Waals surface area contributed by atoms with E-state index in [9.17, 15) is 18.0 Å². The van der Waals surface area contributed by atoms with Crippen molar-refractivity contribution < 1.29 is 27.0 Å². The molecule has 0 saturated carbocycles. The molecule has 2 aromatic heterocycles. The number of piperidine rings is 1. The maximum Gasteiger partial charge on any atom is 0.315 e. The quantitative estimate of drug-likeness (QED) is 0.443. The summed E-state index contributed by atoms with van der Waals surface area (Å²) in [5.41, 5.74) is 2.16. The first-order valence-corrected chi connectivity index (χ1v) is 10.1. The lowest BCUT2D eigenvalue weighted by molar-refractivity contribution is 0.0711. The molecule has 0 spiro atoms. The topological polar surface area (TPSA) is 85.3 Å². The van der Waals surface area contributed by atoms with Crippen LogP contribution in [0.4, 0.5) is 13.2 Å². The van der Waals surface area contributed by atoms with Crippen molar-refractivity contribution in [1.29, 1.82) is 0 Å². The Labute approximate surface area is 179 Å². The lowest BCUT2D eigenvalue weighted by atomic mass is 9.91. The van der Waals surface area contributed by atoms with Gasteiger partial charge in [-0.1, -0.05) is 22.4 Å². The van der Waals surface area contributed by atoms with Gasteiger partial charge in [-0.25, -0.2) is 4.39 Å². The summed E-state index contributed by atoms with van der Waals surface area (Å²) in [6.45, 7) is 1.09. The number of likely N-dealkylation sites (tertiary alicyclic amines) is 1. The highest BCUT2D eigenvalue weighted by molar-refractivity contribution is 5.94. The van der Waals surface area contributed by atoms with Crippen LogP contribution in [0.2, 0.25) is 0 Å². The Morgan fingerprint density at radius 1 is 1.03 bits per heavy atom. The fourth-order valence-corrected chi connectivity index (χ4v) is 3.97. The predicted molar refractivity (Wildman–Crippen MR) is 107 cm³/mol. The average molecular weight is 442 g/mol. The summed E-state index contributed by atoms with van der Waals surface area (Å²) in [6.07, 6.45) is -1.42. The first-order valence-electron chi connectivity index (χ1n) is 10.1. The van der Waals surface area contributed by atoms with Gasteiger partial charge in [0.2, 0.25) is 5.82 Å². The molecule has 0 N–H and O–H groups in total. The first kappa shape index (κ1) is 20.2. The van der Waals surface area contributed by atoms with Crippen molar-refractivity contribution in [2.75, 3.05) is 13.1 Å². The van der Waals surface area contributed by atoms with Crippen molar-refractivity contribution >= 4 is 16.9 Å². The van der Waals surface area contributed by atoms with Gasteiger partial charge < -0.3 is 13.9 Å². The summed E-state index contributed by atoms with van der Waals surface area (Å²) >= 11 is 0. The Kier molecular flexibility index (Phi) is 5.12. The van der Waals surface area contributed by atoms with Gasteiger partial charge >= 0.3 is 6.43 Å². The molecular weight excluding hydrogens is 425 g/mol. The molecule has 4 aromatic rings. The molecule has 164 valence electrons. The third-order valence-corrected chi connectivity index (χ3v) is 5.65. The Bertz CT molecular complexity index is 1260. The van der Waals surface area contributed by atoms with E-state index in [1.165, 1.54) is 12.1 Å². The summed E-state index contributed by atoms with van der Waals surface area (Å²) in [5, 5.41) is 8.46. The summed E-state index contributed by atoms with van der Waals surface area (Å²) in [6, 6.07) is 10.8. The monoisotopic (exact) mass is 442 g/mol. The number of nitrogens with zero attached hydrogens (tertiary/aromatic N) is 4. The van der Waals surface area contributed by atoms with Crippen LogP contribution < -0.4 is 0 Å². The molecule has 1 saturated heterocycles. The number of benzene rings is 2. The van der Waals surface area contributed by atoms with Crippen LogP contribution in [-0.2, 0) is 0 Å². The first-order chi connectivity index (χ1) is 15.5. The number of rotatable bonds is 4. The van der Waals surface area contributed by atoms with E-state index in [2.05, 4.69) is 19.8 Å². The van der Waals surface area contributed by atoms with Crippen LogP contribution >= 0.6 is 0 Å². The summed E-state index contributed by atoms with van der Waals surface area (Å²) in [4.78, 5) is 18.3. The lowest BCUT2D eigenvalue weighted by Gasteiger charge is -2.31. The van der Waals surface area contributed by atoms with E-state index in [4.69, 9.17) is 4.52 Å². The zero-order chi connectivity index (χ0) is 22.2. The van der Waals surface area contributed by atoms with E-state index in [-0.39, 0.29) is 23.5 Å². The van der Waals surface area contributed by atoms with Gasteiger partial charge in [0.1, 0.15) is 5.82 Å². The second kappa shape index (κ2) is 8.10. The molecule has 1 aliphatic heterocycles. The van der Waals surface area contributed by atoms with Crippen molar-refractivity contribution in [3.63, 3.8) is 0 Å². The van der Waals surface area contributed by atoms with E-state index in [1.807, 2.05) is 0 Å². The van der Waals surface area contributed by atoms with Crippen LogP contribution in [0.3, 0.4) is 0 Å². The molecule has 7 nitrogen and oxygen atoms in total. The van der Waals surface area contributed by atoms with Crippen molar-refractivity contribution in [1.82, 2.24) is 20.2 Å². The predicted octanol–water partition coefficient (Wildman–Crippen LogP) is 4.97. The molecule has 1 aliphatic rings. The van der Waals surface area contributed by atoms with Crippen LogP contribution in [-0.4, -0.2) is 39.2 Å². The molecule has 1 amide bonds. The molecule has 0 bridgehead atoms. The van der Waals surface area contributed by atoms with Gasteiger partial charge in [-0.3, -0.25) is 4.79 Å². The molecule has 3 heterocycles. The molecule has 5 rings (SSSR count). The van der Waals surface area contributed by atoms with Crippen LogP contribution in [0, 0.1) is 5.82 Å². The SMILES string of the molecule is O=C(c1ccc(-c2noc(C(F)F)n2)cc1)N1CCC(c2noc3cc(F)ccc23)CC1. The van der Waals surface area contributed by atoms with E-state index < -0.39 is 12.3 Å². The molecule has 1 fully saturated rings. The van der Waals surface area contributed by atoms with Crippen LogP contribution in [0.1, 0.15) is 47.1 Å². The number of alkyl halides is 2. The Morgan fingerprint density at radius 3 is 2.47 bits per heavy atom. The van der Waals surface area contributed by atoms with E-state index >= 15 is 0 Å². The standard InChI is InChI=1S/C22H17F3N4O3/c23-15-5-6-16-17(11-15)31-27-18(16)12-7-9-29(10-8-12)22(30)14-3-1-13(2-4-14)20-26-21(19(24)25)32-28-20/h1-6,11-12,19H,7-10H2. The van der Waals surface area contributed by atoms with E-state index in [1.54, 1.807) is 35.2 Å². The molecule has 0 atom stereocenters. The summed E-state index contributed by atoms with van der Waals surface area (Å²) in [7, 11) is 0. The van der Waals surface area contributed by atoms with Crippen LogP contribution in [0.25, 0.3) is 22.4 Å². The van der Waals surface area contributed by atoms with Gasteiger partial charge in [-0.05, 0) is 37.1 Å². The van der Waals surface area contributed by atoms with Gasteiger partial charge in [-0.15, -0.1) is 0 Å². The van der Waals surface area contributed by atoms with Gasteiger partial charge in [-0.2, -0.15) is 13.8 Å². The number of fused-ring (bicyclic) bond motifs is 1. The molecule has 0 unspecified atom stereocenters. The summed E-state index contributed by atoms with van der Waals surface area (Å²) < 4.78 is 48.4. The zero-order valence-electron chi connectivity index (χ0n) is 16.7. The van der Waals surface area contributed by atoms with Crippen LogP contribution in [0.5, 0.6) is 0 Å². The number of hydrogen-bond acceptors (Lipinski definition) is 6. The fourth-order valence-electron chi connectivity index (χ4n) is 3.97. The average Bonchev–Trinajstić information content (AvgIpc) is 3.46. The Morgan fingerprint density at radius 2 is 1.78 bits per heavy atom. The van der Waals surface area contributed by atoms with E-state index in [0.29, 0.717) is 42.6 Å². The highest BCUT2D eigenvalue weighted by atomic mass is 19.3. The molecule has 2 aromatic carbocycles. The minimum atomic E-state index is -2.84. The Hall–Kier alpha value is -3.69. The van der Waals surface area contributed by atoms with Gasteiger partial charge in [0.15, 0.2) is 5.58 Å². The number of halogens is 3. The number of aromatic nitrogens is 3. The molecule has 0 aliphatic carbocycles. The second-order valence-electron chi connectivity index (χ2n) is 7.61. The minimum Gasteiger partial charge on any atom is -0.356 e. The van der Waals surface area contributed by atoms with Crippen molar-refractivity contribution in [3.05, 3.63) is 65.4 Å². The molecule has 10 heteroatoms. The zero-order valence-corrected chi connectivity index (χ0v) is 16.7. The normalized spacial score (nSPS) is 15.1. The largest absolute Gasteiger partial charge is 0.356 e. The lowest BCUT2D eigenvalue weighted by Crippen LogP contribution is -2.38. The van der Waals surface area contributed by atoms with Gasteiger partial charge in [0, 0.05) is 41.6 Å². The third kappa shape index (κ3) is 3.72. The highest BCUT2D eigenvalue weighted by Crippen LogP contribution is 2.33. The molecule has 32 heavy (non-hydrogen) atoms. The van der Waals surface area contributed by atoms with Crippen LogP contribution in [0.15, 0.2) is 51.5 Å². The minimum absolute atomic E-state index is 0.0415. The number of carbonyl (C=O) groups excluding carboxylic acids is 1. The second-order valence-corrected chi connectivity index (χ2v) is 7.61. The maximum absolute atomic E-state index is 13.4. The van der Waals surface area contributed by atoms with Gasteiger partial charge in [0.05, 0.1) is 5.69 Å². The fraction of sp³-hybridized carbons (Fsp3) is 0.273. The third-order valence-electron chi connectivity index (χ3n) is 5.65. The maximum atomic E-state index is 13.4. The van der Waals surface area contributed by atoms with Crippen molar-refractivity contribution in [3.8, 4) is 11.4 Å². The van der Waals surface area contributed by atoms with Crippen molar-refractivity contribution in [2.24, 2.45) is 0 Å².